The number of benzene rings is 1. The van der Waals surface area contributed by atoms with Gasteiger partial charge < -0.3 is 4.74 Å². The van der Waals surface area contributed by atoms with Gasteiger partial charge in [0.05, 0.1) is 0 Å². The number of carbonyl (C=O) groups is 1. The first kappa shape index (κ1) is 14.0. The number of hydrogen-bond acceptors (Lipinski definition) is 4. The van der Waals surface area contributed by atoms with Gasteiger partial charge in [-0.05, 0) is 24.0 Å². The van der Waals surface area contributed by atoms with Gasteiger partial charge in [-0.3, -0.25) is 4.79 Å². The van der Waals surface area contributed by atoms with Gasteiger partial charge in [0.2, 0.25) is 0 Å². The average molecular weight is 274 g/mol. The van der Waals surface area contributed by atoms with Crippen molar-refractivity contribution >= 4 is 5.91 Å². The van der Waals surface area contributed by atoms with E-state index in [4.69, 9.17) is 4.74 Å². The number of nitrogens with one attached hydrogen (secondary N) is 1. The Morgan fingerprint density at radius 1 is 1.45 bits per heavy atom. The third kappa shape index (κ3) is 3.57. The van der Waals surface area contributed by atoms with E-state index in [0.717, 1.165) is 17.7 Å². The Kier molecular flexibility index (Phi) is 4.70. The topological polar surface area (TPSA) is 69.0 Å². The van der Waals surface area contributed by atoms with Crippen molar-refractivity contribution in [2.24, 2.45) is 0 Å². The summed E-state index contributed by atoms with van der Waals surface area (Å²) >= 11 is 0. The lowest BCUT2D eigenvalue weighted by Gasteiger charge is -2.15. The predicted octanol–water partition coefficient (Wildman–Crippen LogP) is 1.94. The minimum Gasteiger partial charge on any atom is -0.483 e. The molecule has 0 aliphatic carbocycles. The predicted molar refractivity (Wildman–Crippen MR) is 75.0 cm³/mol. The Labute approximate surface area is 117 Å². The van der Waals surface area contributed by atoms with Gasteiger partial charge in [-0.2, -0.15) is 4.79 Å². The second-order valence-electron chi connectivity index (χ2n) is 4.51. The Morgan fingerprint density at radius 3 is 2.95 bits per heavy atom. The summed E-state index contributed by atoms with van der Waals surface area (Å²) in [5.74, 6) is 0.856. The molecule has 2 aromatic rings. The van der Waals surface area contributed by atoms with Gasteiger partial charge in [0, 0.05) is 0 Å². The number of rotatable bonds is 6. The monoisotopic (exact) mass is 274 g/mol. The van der Waals surface area contributed by atoms with Gasteiger partial charge >= 0.3 is 0 Å². The van der Waals surface area contributed by atoms with Crippen LogP contribution in [0.4, 0.5) is 0 Å². The molecule has 1 amide bonds. The van der Waals surface area contributed by atoms with E-state index in [2.05, 4.69) is 29.4 Å². The first-order chi connectivity index (χ1) is 9.70. The van der Waals surface area contributed by atoms with E-state index in [1.165, 1.54) is 17.4 Å². The average Bonchev–Trinajstić information content (AvgIpc) is 2.97. The third-order valence-electron chi connectivity index (χ3n) is 3.08. The zero-order valence-corrected chi connectivity index (χ0v) is 11.6. The second-order valence-corrected chi connectivity index (χ2v) is 4.51. The van der Waals surface area contributed by atoms with Crippen molar-refractivity contribution in [2.75, 3.05) is 12.0 Å². The van der Waals surface area contributed by atoms with Gasteiger partial charge in [0.15, 0.2) is 6.61 Å². The molecule has 0 radical (unpaired) electrons. The van der Waals surface area contributed by atoms with Crippen molar-refractivity contribution in [1.29, 1.82) is 0 Å². The normalized spacial score (nSPS) is 11.9. The van der Waals surface area contributed by atoms with Crippen LogP contribution in [0, 0.1) is 0 Å². The Morgan fingerprint density at radius 2 is 2.25 bits per heavy atom. The summed E-state index contributed by atoms with van der Waals surface area (Å²) in [6, 6.07) is 7.78. The molecule has 1 atom stereocenters. The molecule has 0 fully saturated rings. The van der Waals surface area contributed by atoms with Crippen molar-refractivity contribution in [3.8, 4) is 5.75 Å². The molecule has 0 aliphatic heterocycles. The maximum atomic E-state index is 11.7. The van der Waals surface area contributed by atoms with E-state index < -0.39 is 0 Å². The molecule has 1 N–H and O–H groups in total. The van der Waals surface area contributed by atoms with Crippen LogP contribution >= 0.6 is 0 Å². The Balaban J connectivity index is 1.95. The molecule has 6 nitrogen and oxygen atoms in total. The molecule has 0 aliphatic rings. The molecule has 0 spiro atoms. The SMILES string of the molecule is CC[C@H](C)c1ccccc1OCC(=O)Nn1cncn1. The van der Waals surface area contributed by atoms with Crippen molar-refractivity contribution < 1.29 is 9.53 Å². The fourth-order valence-corrected chi connectivity index (χ4v) is 1.81. The second kappa shape index (κ2) is 6.70. The minimum atomic E-state index is -0.283. The standard InChI is InChI=1S/C14H18N4O2/c1-3-11(2)12-6-4-5-7-13(12)20-8-14(19)17-18-10-15-9-16-18/h4-7,9-11H,3,8H2,1-2H3,(H,17,19)/t11-/m0/s1. The van der Waals surface area contributed by atoms with Crippen molar-refractivity contribution in [1.82, 2.24) is 14.9 Å². The summed E-state index contributed by atoms with van der Waals surface area (Å²) in [6.45, 7) is 4.20. The molecule has 0 bridgehead atoms. The summed E-state index contributed by atoms with van der Waals surface area (Å²) in [5, 5.41) is 3.79. The number of nitrogens with zero attached hydrogens (tertiary/aromatic N) is 3. The van der Waals surface area contributed by atoms with Crippen molar-refractivity contribution in [3.63, 3.8) is 0 Å². The molecular formula is C14H18N4O2. The van der Waals surface area contributed by atoms with Gasteiger partial charge in [-0.1, -0.05) is 32.0 Å². The van der Waals surface area contributed by atoms with Gasteiger partial charge in [0.1, 0.15) is 18.4 Å². The highest BCUT2D eigenvalue weighted by Crippen LogP contribution is 2.28. The van der Waals surface area contributed by atoms with Crippen LogP contribution in [-0.4, -0.2) is 27.4 Å². The number of aromatic nitrogens is 3. The summed E-state index contributed by atoms with van der Waals surface area (Å²) < 4.78 is 5.60. The van der Waals surface area contributed by atoms with Gasteiger partial charge in [-0.15, -0.1) is 5.10 Å². The molecule has 0 saturated heterocycles. The molecule has 6 heteroatoms. The van der Waals surface area contributed by atoms with Crippen LogP contribution in [0.2, 0.25) is 0 Å². The number of hydrogen-bond donors (Lipinski definition) is 1. The van der Waals surface area contributed by atoms with Gasteiger partial charge in [0.25, 0.3) is 5.91 Å². The largest absolute Gasteiger partial charge is 0.483 e. The van der Waals surface area contributed by atoms with E-state index >= 15 is 0 Å². The van der Waals surface area contributed by atoms with Crippen LogP contribution < -0.4 is 10.2 Å². The fraction of sp³-hybridized carbons (Fsp3) is 0.357. The first-order valence-corrected chi connectivity index (χ1v) is 6.57. The lowest BCUT2D eigenvalue weighted by atomic mass is 9.98. The van der Waals surface area contributed by atoms with Crippen molar-refractivity contribution in [3.05, 3.63) is 42.5 Å². The number of ether oxygens (including phenoxy) is 1. The molecular weight excluding hydrogens is 256 g/mol. The molecule has 0 saturated carbocycles. The summed E-state index contributed by atoms with van der Waals surface area (Å²) in [5.41, 5.74) is 3.65. The van der Waals surface area contributed by atoms with E-state index in [-0.39, 0.29) is 12.5 Å². The molecule has 106 valence electrons. The van der Waals surface area contributed by atoms with Crippen LogP contribution in [0.5, 0.6) is 5.75 Å². The van der Waals surface area contributed by atoms with Crippen LogP contribution in [0.3, 0.4) is 0 Å². The Bertz CT molecular complexity index is 554. The first-order valence-electron chi connectivity index (χ1n) is 6.57. The third-order valence-corrected chi connectivity index (χ3v) is 3.08. The highest BCUT2D eigenvalue weighted by Gasteiger charge is 2.11. The van der Waals surface area contributed by atoms with E-state index in [1.54, 1.807) is 0 Å². The molecule has 20 heavy (non-hydrogen) atoms. The molecule has 1 aromatic heterocycles. The lowest BCUT2D eigenvalue weighted by molar-refractivity contribution is -0.119. The van der Waals surface area contributed by atoms with E-state index in [9.17, 15) is 4.79 Å². The summed E-state index contributed by atoms with van der Waals surface area (Å²) in [7, 11) is 0. The number of para-hydroxylation sites is 1. The zero-order valence-electron chi connectivity index (χ0n) is 11.6. The smallest absolute Gasteiger partial charge is 0.278 e. The Hall–Kier alpha value is -2.37. The van der Waals surface area contributed by atoms with E-state index in [0.29, 0.717) is 5.92 Å². The van der Waals surface area contributed by atoms with Crippen LogP contribution in [0.15, 0.2) is 36.9 Å². The van der Waals surface area contributed by atoms with Crippen molar-refractivity contribution in [2.45, 2.75) is 26.2 Å². The molecule has 1 heterocycles. The van der Waals surface area contributed by atoms with E-state index in [1.807, 2.05) is 24.3 Å². The summed E-state index contributed by atoms with van der Waals surface area (Å²) in [4.78, 5) is 16.7. The molecule has 2 rings (SSSR count). The molecule has 0 unspecified atom stereocenters. The molecule has 1 aromatic carbocycles. The number of amides is 1. The highest BCUT2D eigenvalue weighted by atomic mass is 16.5. The quantitative estimate of drug-likeness (QED) is 0.874. The highest BCUT2D eigenvalue weighted by molar-refractivity contribution is 5.84. The van der Waals surface area contributed by atoms with Crippen LogP contribution in [-0.2, 0) is 4.79 Å². The van der Waals surface area contributed by atoms with Crippen LogP contribution in [0.25, 0.3) is 0 Å². The lowest BCUT2D eigenvalue weighted by Crippen LogP contribution is -2.28. The summed E-state index contributed by atoms with van der Waals surface area (Å²) in [6.07, 6.45) is 3.77. The zero-order chi connectivity index (χ0) is 14.4. The maximum absolute atomic E-state index is 11.7. The maximum Gasteiger partial charge on any atom is 0.278 e. The van der Waals surface area contributed by atoms with Gasteiger partial charge in [-0.25, -0.2) is 10.4 Å². The van der Waals surface area contributed by atoms with Crippen LogP contribution in [0.1, 0.15) is 31.7 Å². The fourth-order valence-electron chi connectivity index (χ4n) is 1.81. The number of carbonyl (C=O) groups excluding carboxylic acids is 1. The minimum absolute atomic E-state index is 0.0622.